The maximum atomic E-state index is 14.0. The Morgan fingerprint density at radius 2 is 1.75 bits per heavy atom. The van der Waals surface area contributed by atoms with Crippen LogP contribution in [0.2, 0.25) is 5.02 Å². The van der Waals surface area contributed by atoms with Gasteiger partial charge in [-0.15, -0.1) is 0 Å². The second-order valence-electron chi connectivity index (χ2n) is 14.5. The number of benzene rings is 2. The molecule has 2 aliphatic heterocycles. The standard InChI is InChI=1S/C39H38ClF3N8O4/c1-20-22(7-6-10-25(20)45-33-31-28(18-29(47-33)39(41,42)43)49(2)37(54)50(3)35(31)52)23-8-5-9-24(32(23)40)26-17-21-11-12-27(30(21)34(46-26)55-4)51-16-14-38(19-51)13-15-44-36(53)48-38/h5-10,17-18,27H,11-16,19H2,1-4H3,(H,45,47)(H2,44,48,53). The van der Waals surface area contributed by atoms with E-state index in [1.165, 1.54) is 14.1 Å². The minimum atomic E-state index is -4.84. The number of aromatic nitrogens is 4. The first-order valence-electron chi connectivity index (χ1n) is 17.9. The lowest BCUT2D eigenvalue weighted by Gasteiger charge is -2.36. The fourth-order valence-electron chi connectivity index (χ4n) is 8.43. The van der Waals surface area contributed by atoms with Crippen molar-refractivity contribution in [2.24, 2.45) is 14.1 Å². The van der Waals surface area contributed by atoms with Crippen LogP contribution in [0.15, 0.2) is 58.1 Å². The molecule has 5 aromatic rings. The highest BCUT2D eigenvalue weighted by Gasteiger charge is 2.45. The number of amides is 2. The van der Waals surface area contributed by atoms with Crippen LogP contribution < -0.4 is 31.9 Å². The van der Waals surface area contributed by atoms with Crippen molar-refractivity contribution in [3.63, 3.8) is 0 Å². The van der Waals surface area contributed by atoms with E-state index in [9.17, 15) is 27.6 Å². The second kappa shape index (κ2) is 13.4. The van der Waals surface area contributed by atoms with Gasteiger partial charge in [0.15, 0.2) is 0 Å². The van der Waals surface area contributed by atoms with E-state index in [1.54, 1.807) is 26.2 Å². The predicted octanol–water partition coefficient (Wildman–Crippen LogP) is 6.23. The smallest absolute Gasteiger partial charge is 0.433 e. The minimum Gasteiger partial charge on any atom is -0.481 e. The predicted molar refractivity (Wildman–Crippen MR) is 203 cm³/mol. The summed E-state index contributed by atoms with van der Waals surface area (Å²) in [7, 11) is 4.17. The number of urea groups is 1. The van der Waals surface area contributed by atoms with Crippen LogP contribution in [0.25, 0.3) is 33.3 Å². The zero-order chi connectivity index (χ0) is 39.0. The van der Waals surface area contributed by atoms with Crippen molar-refractivity contribution in [3.8, 4) is 28.3 Å². The zero-order valence-corrected chi connectivity index (χ0v) is 31.3. The summed E-state index contributed by atoms with van der Waals surface area (Å²) in [6, 6.07) is 13.6. The molecule has 12 nitrogen and oxygen atoms in total. The van der Waals surface area contributed by atoms with Gasteiger partial charge in [-0.2, -0.15) is 13.2 Å². The fourth-order valence-corrected chi connectivity index (χ4v) is 8.76. The van der Waals surface area contributed by atoms with Crippen molar-refractivity contribution in [1.29, 1.82) is 0 Å². The number of carbonyl (C=O) groups is 1. The minimum absolute atomic E-state index is 0.103. The molecule has 55 heavy (non-hydrogen) atoms. The Kier molecular flexibility index (Phi) is 8.91. The van der Waals surface area contributed by atoms with Gasteiger partial charge >= 0.3 is 17.9 Å². The number of ether oxygens (including phenoxy) is 1. The number of anilines is 2. The highest BCUT2D eigenvalue weighted by molar-refractivity contribution is 6.36. The molecule has 16 heteroatoms. The first-order chi connectivity index (χ1) is 26.2. The lowest BCUT2D eigenvalue weighted by molar-refractivity contribution is -0.141. The molecule has 2 amide bonds. The summed E-state index contributed by atoms with van der Waals surface area (Å²) in [5, 5.41) is 9.25. The molecule has 2 aromatic carbocycles. The summed E-state index contributed by atoms with van der Waals surface area (Å²) in [5.74, 6) is 0.192. The number of aryl methyl sites for hydroxylation is 2. The number of hydrogen-bond acceptors (Lipinski definition) is 8. The maximum Gasteiger partial charge on any atom is 0.433 e. The molecular formula is C39H38ClF3N8O4. The van der Waals surface area contributed by atoms with Gasteiger partial charge in [0.05, 0.1) is 28.9 Å². The Hall–Kier alpha value is -5.41. The van der Waals surface area contributed by atoms with Crippen LogP contribution >= 0.6 is 11.6 Å². The van der Waals surface area contributed by atoms with Gasteiger partial charge in [-0.1, -0.05) is 41.9 Å². The summed E-state index contributed by atoms with van der Waals surface area (Å²) >= 11 is 7.19. The number of pyridine rings is 2. The van der Waals surface area contributed by atoms with Gasteiger partial charge in [-0.3, -0.25) is 18.8 Å². The average molecular weight is 775 g/mol. The van der Waals surface area contributed by atoms with Gasteiger partial charge < -0.3 is 20.7 Å². The number of fused-ring (bicyclic) bond motifs is 2. The Morgan fingerprint density at radius 3 is 2.49 bits per heavy atom. The Morgan fingerprint density at radius 1 is 1.00 bits per heavy atom. The number of nitrogens with zero attached hydrogens (tertiary/aromatic N) is 5. The molecule has 3 N–H and O–H groups in total. The van der Waals surface area contributed by atoms with E-state index >= 15 is 0 Å². The zero-order valence-electron chi connectivity index (χ0n) is 30.5. The summed E-state index contributed by atoms with van der Waals surface area (Å²) in [4.78, 5) is 49.3. The summed E-state index contributed by atoms with van der Waals surface area (Å²) in [5.41, 5.74) is 2.61. The molecule has 2 fully saturated rings. The summed E-state index contributed by atoms with van der Waals surface area (Å²) < 4.78 is 49.8. The summed E-state index contributed by atoms with van der Waals surface area (Å²) in [6.45, 7) is 4.06. The summed E-state index contributed by atoms with van der Waals surface area (Å²) in [6.07, 6.45) is -1.37. The molecule has 0 radical (unpaired) electrons. The molecule has 0 saturated carbocycles. The molecule has 2 unspecified atom stereocenters. The van der Waals surface area contributed by atoms with Crippen molar-refractivity contribution in [2.75, 3.05) is 32.1 Å². The highest BCUT2D eigenvalue weighted by atomic mass is 35.5. The van der Waals surface area contributed by atoms with E-state index < -0.39 is 23.1 Å². The molecule has 0 bridgehead atoms. The topological polar surface area (TPSA) is 135 Å². The van der Waals surface area contributed by atoms with E-state index in [0.717, 1.165) is 59.0 Å². The van der Waals surface area contributed by atoms with Crippen molar-refractivity contribution < 1.29 is 22.7 Å². The number of likely N-dealkylation sites (tertiary alicyclic amines) is 1. The van der Waals surface area contributed by atoms with E-state index in [-0.39, 0.29) is 34.3 Å². The van der Waals surface area contributed by atoms with Gasteiger partial charge in [-0.25, -0.2) is 19.6 Å². The Balaban J connectivity index is 1.15. The van der Waals surface area contributed by atoms with Crippen LogP contribution in [0.3, 0.4) is 0 Å². The van der Waals surface area contributed by atoms with E-state index in [2.05, 4.69) is 31.9 Å². The van der Waals surface area contributed by atoms with Crippen molar-refractivity contribution in [1.82, 2.24) is 34.6 Å². The van der Waals surface area contributed by atoms with Crippen LogP contribution in [-0.4, -0.2) is 62.3 Å². The van der Waals surface area contributed by atoms with Gasteiger partial charge in [0.2, 0.25) is 5.88 Å². The van der Waals surface area contributed by atoms with Crippen LogP contribution in [0.5, 0.6) is 5.88 Å². The average Bonchev–Trinajstić information content (AvgIpc) is 3.77. The monoisotopic (exact) mass is 774 g/mol. The third-order valence-corrected chi connectivity index (χ3v) is 11.7. The van der Waals surface area contributed by atoms with E-state index in [0.29, 0.717) is 57.1 Å². The van der Waals surface area contributed by atoms with Gasteiger partial charge in [0.1, 0.15) is 16.9 Å². The van der Waals surface area contributed by atoms with Gasteiger partial charge in [0, 0.05) is 62.1 Å². The first kappa shape index (κ1) is 36.6. The maximum absolute atomic E-state index is 14.0. The van der Waals surface area contributed by atoms with Crippen molar-refractivity contribution in [3.05, 3.63) is 96.8 Å². The number of carbonyl (C=O) groups excluding carboxylic acids is 1. The Labute approximate surface area is 318 Å². The number of alkyl halides is 3. The first-order valence-corrected chi connectivity index (χ1v) is 18.3. The molecule has 1 spiro atoms. The molecule has 2 atom stereocenters. The number of hydrogen-bond donors (Lipinski definition) is 3. The van der Waals surface area contributed by atoms with Gasteiger partial charge in [-0.05, 0) is 67.5 Å². The largest absolute Gasteiger partial charge is 0.481 e. The molecule has 3 aromatic heterocycles. The van der Waals surface area contributed by atoms with Crippen LogP contribution in [0, 0.1) is 6.92 Å². The molecule has 8 rings (SSSR count). The lowest BCUT2D eigenvalue weighted by atomic mass is 9.93. The molecule has 2 saturated heterocycles. The number of nitrogens with one attached hydrogen (secondary N) is 3. The van der Waals surface area contributed by atoms with Gasteiger partial charge in [0.25, 0.3) is 5.56 Å². The lowest BCUT2D eigenvalue weighted by Crippen LogP contribution is -2.59. The normalized spacial score (nSPS) is 19.8. The molecule has 3 aliphatic rings. The third kappa shape index (κ3) is 6.18. The number of halogens is 4. The SMILES string of the molecule is COc1nc(-c2cccc(-c3cccc(Nc4nc(C(F)(F)F)cc5c4c(=O)n(C)c(=O)n5C)c3C)c2Cl)cc2c1C(N1CCC3(CCNC(=O)N3)C1)CC2. The van der Waals surface area contributed by atoms with Crippen molar-refractivity contribution >= 4 is 40.0 Å². The number of rotatable bonds is 6. The second-order valence-corrected chi connectivity index (χ2v) is 14.9. The number of methoxy groups -OCH3 is 1. The third-order valence-electron chi connectivity index (χ3n) is 11.3. The van der Waals surface area contributed by atoms with Crippen molar-refractivity contribution in [2.45, 2.75) is 50.4 Å². The van der Waals surface area contributed by atoms with Crippen LogP contribution in [0.1, 0.15) is 47.7 Å². The quantitative estimate of drug-likeness (QED) is 0.185. The molecule has 5 heterocycles. The molecule has 1 aliphatic carbocycles. The van der Waals surface area contributed by atoms with E-state index in [4.69, 9.17) is 21.3 Å². The molecular weight excluding hydrogens is 737 g/mol. The van der Waals surface area contributed by atoms with E-state index in [1.807, 2.05) is 24.3 Å². The fraction of sp³-hybridized carbons (Fsp3) is 0.359. The van der Waals surface area contributed by atoms with Crippen LogP contribution in [-0.2, 0) is 26.7 Å². The molecule has 286 valence electrons. The van der Waals surface area contributed by atoms with Crippen LogP contribution in [0.4, 0.5) is 29.5 Å². The Bertz CT molecular complexity index is 2540. The highest BCUT2D eigenvalue weighted by Crippen LogP contribution is 2.47.